The third-order valence-corrected chi connectivity index (χ3v) is 3.54. The Morgan fingerprint density at radius 3 is 2.93 bits per heavy atom. The van der Waals surface area contributed by atoms with Gasteiger partial charge in [-0.3, -0.25) is 9.59 Å². The maximum absolute atomic E-state index is 11.4. The lowest BCUT2D eigenvalue weighted by molar-refractivity contribution is -0.116. The summed E-state index contributed by atoms with van der Waals surface area (Å²) in [5.41, 5.74) is 1.17. The minimum atomic E-state index is -0.505. The zero-order valence-electron chi connectivity index (χ0n) is 7.99. The van der Waals surface area contributed by atoms with Crippen LogP contribution >= 0.6 is 23.4 Å². The van der Waals surface area contributed by atoms with Crippen LogP contribution in [0.1, 0.15) is 10.4 Å². The van der Waals surface area contributed by atoms with Gasteiger partial charge in [0.25, 0.3) is 5.24 Å². The van der Waals surface area contributed by atoms with E-state index in [9.17, 15) is 9.59 Å². The van der Waals surface area contributed by atoms with Gasteiger partial charge >= 0.3 is 0 Å². The molecule has 15 heavy (non-hydrogen) atoms. The Kier molecular flexibility index (Phi) is 2.71. The van der Waals surface area contributed by atoms with Crippen molar-refractivity contribution in [1.29, 1.82) is 0 Å². The summed E-state index contributed by atoms with van der Waals surface area (Å²) in [6.07, 6.45) is 0. The van der Waals surface area contributed by atoms with E-state index in [0.717, 1.165) is 10.6 Å². The fourth-order valence-corrected chi connectivity index (χ4v) is 2.49. The number of hydrogen-bond donors (Lipinski definition) is 0. The third-order valence-electron chi connectivity index (χ3n) is 2.27. The Morgan fingerprint density at radius 1 is 1.53 bits per heavy atom. The molecule has 1 aromatic carbocycles. The highest BCUT2D eigenvalue weighted by Gasteiger charge is 2.22. The number of carbonyl (C=O) groups excluding carboxylic acids is 2. The third kappa shape index (κ3) is 1.87. The predicted octanol–water partition coefficient (Wildman–Crippen LogP) is 2.13. The van der Waals surface area contributed by atoms with Gasteiger partial charge in [-0.15, -0.1) is 11.8 Å². The molecule has 0 saturated carbocycles. The maximum Gasteiger partial charge on any atom is 0.252 e. The SMILES string of the molecule is CN1C(=O)CSc2ccc(C(=O)Cl)cc21. The van der Waals surface area contributed by atoms with Gasteiger partial charge in [-0.2, -0.15) is 0 Å². The van der Waals surface area contributed by atoms with Gasteiger partial charge < -0.3 is 4.90 Å². The van der Waals surface area contributed by atoms with Crippen LogP contribution in [0.5, 0.6) is 0 Å². The Balaban J connectivity index is 2.50. The molecule has 2 rings (SSSR count). The number of carbonyl (C=O) groups is 2. The molecule has 1 aromatic rings. The predicted molar refractivity (Wildman–Crippen MR) is 60.8 cm³/mol. The number of benzene rings is 1. The second-order valence-electron chi connectivity index (χ2n) is 3.20. The van der Waals surface area contributed by atoms with Crippen LogP contribution in [0.3, 0.4) is 0 Å². The van der Waals surface area contributed by atoms with Crippen LogP contribution in [0.25, 0.3) is 0 Å². The first-order valence-corrected chi connectivity index (χ1v) is 5.69. The smallest absolute Gasteiger partial charge is 0.252 e. The van der Waals surface area contributed by atoms with Gasteiger partial charge in [-0.1, -0.05) is 0 Å². The van der Waals surface area contributed by atoms with Crippen LogP contribution in [0.15, 0.2) is 23.1 Å². The van der Waals surface area contributed by atoms with Crippen LogP contribution in [-0.4, -0.2) is 24.0 Å². The van der Waals surface area contributed by atoms with E-state index in [-0.39, 0.29) is 5.91 Å². The number of rotatable bonds is 1. The van der Waals surface area contributed by atoms with Crippen LogP contribution in [0.2, 0.25) is 0 Å². The summed E-state index contributed by atoms with van der Waals surface area (Å²) < 4.78 is 0. The van der Waals surface area contributed by atoms with Crippen LogP contribution < -0.4 is 4.90 Å². The van der Waals surface area contributed by atoms with Gasteiger partial charge in [0.2, 0.25) is 5.91 Å². The minimum absolute atomic E-state index is 0.0340. The summed E-state index contributed by atoms with van der Waals surface area (Å²) >= 11 is 6.86. The van der Waals surface area contributed by atoms with E-state index in [1.807, 2.05) is 6.07 Å². The first-order valence-electron chi connectivity index (χ1n) is 4.33. The Morgan fingerprint density at radius 2 is 2.27 bits per heavy atom. The Labute approximate surface area is 96.4 Å². The first kappa shape index (κ1) is 10.5. The van der Waals surface area contributed by atoms with Gasteiger partial charge in [0.1, 0.15) is 0 Å². The summed E-state index contributed by atoms with van der Waals surface area (Å²) in [4.78, 5) is 24.9. The van der Waals surface area contributed by atoms with E-state index in [2.05, 4.69) is 0 Å². The zero-order valence-corrected chi connectivity index (χ0v) is 9.56. The first-order chi connectivity index (χ1) is 7.09. The average molecular weight is 242 g/mol. The number of hydrogen-bond acceptors (Lipinski definition) is 3. The quantitative estimate of drug-likeness (QED) is 0.707. The van der Waals surface area contributed by atoms with Crippen molar-refractivity contribution in [3.05, 3.63) is 23.8 Å². The lowest BCUT2D eigenvalue weighted by Crippen LogP contribution is -2.31. The average Bonchev–Trinajstić information content (AvgIpc) is 2.23. The number of fused-ring (bicyclic) bond motifs is 1. The molecular formula is C10H8ClNO2S. The molecule has 0 bridgehead atoms. The molecule has 0 N–H and O–H groups in total. The molecule has 0 fully saturated rings. The van der Waals surface area contributed by atoms with Gasteiger partial charge in [-0.05, 0) is 29.8 Å². The molecule has 3 nitrogen and oxygen atoms in total. The molecular weight excluding hydrogens is 234 g/mol. The molecule has 0 saturated heterocycles. The summed E-state index contributed by atoms with van der Waals surface area (Å²) in [5.74, 6) is 0.476. The van der Waals surface area contributed by atoms with E-state index in [4.69, 9.17) is 11.6 Å². The summed E-state index contributed by atoms with van der Waals surface area (Å²) in [7, 11) is 1.70. The van der Waals surface area contributed by atoms with Crippen molar-refractivity contribution in [2.75, 3.05) is 17.7 Å². The number of thioether (sulfide) groups is 1. The lowest BCUT2D eigenvalue weighted by Gasteiger charge is -2.25. The molecule has 78 valence electrons. The van der Waals surface area contributed by atoms with Gasteiger partial charge in [0.05, 0.1) is 11.4 Å². The van der Waals surface area contributed by atoms with Gasteiger partial charge in [0, 0.05) is 17.5 Å². The normalized spacial score (nSPS) is 15.1. The minimum Gasteiger partial charge on any atom is -0.314 e. The number of anilines is 1. The Bertz CT molecular complexity index is 447. The molecule has 0 aliphatic carbocycles. The summed E-state index contributed by atoms with van der Waals surface area (Å²) in [6.45, 7) is 0. The molecule has 1 aliphatic heterocycles. The highest BCUT2D eigenvalue weighted by molar-refractivity contribution is 8.00. The van der Waals surface area contributed by atoms with E-state index >= 15 is 0 Å². The number of amides is 1. The van der Waals surface area contributed by atoms with E-state index < -0.39 is 5.24 Å². The largest absolute Gasteiger partial charge is 0.314 e. The van der Waals surface area contributed by atoms with E-state index in [1.54, 1.807) is 24.1 Å². The zero-order chi connectivity index (χ0) is 11.0. The fraction of sp³-hybridized carbons (Fsp3) is 0.200. The molecule has 5 heteroatoms. The number of halogens is 1. The van der Waals surface area contributed by atoms with Crippen molar-refractivity contribution in [2.45, 2.75) is 4.90 Å². The highest BCUT2D eigenvalue weighted by atomic mass is 35.5. The topological polar surface area (TPSA) is 37.4 Å². The Hall–Kier alpha value is -1.00. The standard InChI is InChI=1S/C10H8ClNO2S/c1-12-7-4-6(10(11)14)2-3-8(7)15-5-9(12)13/h2-4H,5H2,1H3. The molecule has 0 aromatic heterocycles. The molecule has 1 amide bonds. The van der Waals surface area contributed by atoms with Crippen LogP contribution in [0, 0.1) is 0 Å². The second kappa shape index (κ2) is 3.87. The van der Waals surface area contributed by atoms with Crippen molar-refractivity contribution in [3.63, 3.8) is 0 Å². The van der Waals surface area contributed by atoms with Gasteiger partial charge in [0.15, 0.2) is 0 Å². The molecule has 1 aliphatic rings. The van der Waals surface area contributed by atoms with Crippen molar-refractivity contribution in [2.24, 2.45) is 0 Å². The summed E-state index contributed by atoms with van der Waals surface area (Å²) in [5, 5.41) is -0.505. The monoisotopic (exact) mass is 241 g/mol. The van der Waals surface area contributed by atoms with E-state index in [1.165, 1.54) is 11.8 Å². The van der Waals surface area contributed by atoms with E-state index in [0.29, 0.717) is 11.3 Å². The molecule has 1 heterocycles. The summed E-state index contributed by atoms with van der Waals surface area (Å²) in [6, 6.07) is 5.14. The van der Waals surface area contributed by atoms with Crippen molar-refractivity contribution < 1.29 is 9.59 Å². The molecule has 0 spiro atoms. The van der Waals surface area contributed by atoms with Crippen molar-refractivity contribution in [1.82, 2.24) is 0 Å². The van der Waals surface area contributed by atoms with Crippen molar-refractivity contribution in [3.8, 4) is 0 Å². The molecule has 0 atom stereocenters. The second-order valence-corrected chi connectivity index (χ2v) is 4.56. The highest BCUT2D eigenvalue weighted by Crippen LogP contribution is 2.35. The fourth-order valence-electron chi connectivity index (χ4n) is 1.39. The van der Waals surface area contributed by atoms with Crippen LogP contribution in [-0.2, 0) is 4.79 Å². The maximum atomic E-state index is 11.4. The van der Waals surface area contributed by atoms with Crippen molar-refractivity contribution >= 4 is 40.2 Å². The molecule has 0 unspecified atom stereocenters. The lowest BCUT2D eigenvalue weighted by atomic mass is 10.2. The van der Waals surface area contributed by atoms with Gasteiger partial charge in [-0.25, -0.2) is 0 Å². The van der Waals surface area contributed by atoms with Crippen LogP contribution in [0.4, 0.5) is 5.69 Å². The molecule has 0 radical (unpaired) electrons. The number of nitrogens with zero attached hydrogens (tertiary/aromatic N) is 1.